The molecule has 0 saturated heterocycles. The van der Waals surface area contributed by atoms with Crippen molar-refractivity contribution in [1.82, 2.24) is 0 Å². The highest BCUT2D eigenvalue weighted by Crippen LogP contribution is 2.29. The van der Waals surface area contributed by atoms with E-state index in [0.717, 1.165) is 16.9 Å². The van der Waals surface area contributed by atoms with Gasteiger partial charge in [0, 0.05) is 10.2 Å². The van der Waals surface area contributed by atoms with Gasteiger partial charge in [0.05, 0.1) is 5.69 Å². The van der Waals surface area contributed by atoms with Crippen molar-refractivity contribution in [3.05, 3.63) is 39.7 Å². The molecule has 0 fully saturated rings. The third-order valence-electron chi connectivity index (χ3n) is 2.36. The summed E-state index contributed by atoms with van der Waals surface area (Å²) >= 11 is 4.36. The molecule has 0 aliphatic heterocycles. The number of hydrogen-bond acceptors (Lipinski definition) is 4. The van der Waals surface area contributed by atoms with E-state index in [9.17, 15) is 8.42 Å². The van der Waals surface area contributed by atoms with Gasteiger partial charge in [0.25, 0.3) is 10.0 Å². The fraction of sp³-hybridized carbons (Fsp3) is 0.0909. The lowest BCUT2D eigenvalue weighted by Crippen LogP contribution is -2.12. The lowest BCUT2D eigenvalue weighted by Gasteiger charge is -2.08. The molecule has 0 amide bonds. The van der Waals surface area contributed by atoms with Crippen molar-refractivity contribution >= 4 is 48.7 Å². The molecule has 2 aromatic rings. The first kappa shape index (κ1) is 13.4. The molecule has 96 valence electrons. The molecule has 7 heteroatoms. The summed E-state index contributed by atoms with van der Waals surface area (Å²) in [5, 5.41) is 1.71. The Labute approximate surface area is 118 Å². The second-order valence-corrected chi connectivity index (χ2v) is 7.38. The lowest BCUT2D eigenvalue weighted by molar-refractivity contribution is 0.603. The van der Waals surface area contributed by atoms with Crippen LogP contribution in [0.5, 0.6) is 0 Å². The maximum Gasteiger partial charge on any atom is 0.272 e. The summed E-state index contributed by atoms with van der Waals surface area (Å²) in [7, 11) is -3.56. The third kappa shape index (κ3) is 2.68. The molecule has 1 aromatic carbocycles. The van der Waals surface area contributed by atoms with Crippen molar-refractivity contribution in [2.24, 2.45) is 0 Å². The van der Waals surface area contributed by atoms with Crippen LogP contribution in [-0.4, -0.2) is 8.42 Å². The van der Waals surface area contributed by atoms with Crippen molar-refractivity contribution in [3.8, 4) is 0 Å². The van der Waals surface area contributed by atoms with E-state index < -0.39 is 10.0 Å². The summed E-state index contributed by atoms with van der Waals surface area (Å²) in [6.45, 7) is 1.86. The van der Waals surface area contributed by atoms with Gasteiger partial charge in [-0.3, -0.25) is 4.72 Å². The number of nitrogen functional groups attached to an aromatic ring is 1. The number of thiophene rings is 1. The van der Waals surface area contributed by atoms with Crippen LogP contribution in [0, 0.1) is 6.92 Å². The zero-order chi connectivity index (χ0) is 13.3. The van der Waals surface area contributed by atoms with Crippen LogP contribution in [0.4, 0.5) is 11.4 Å². The Morgan fingerprint density at radius 1 is 1.33 bits per heavy atom. The van der Waals surface area contributed by atoms with E-state index in [4.69, 9.17) is 5.73 Å². The number of nitrogens with two attached hydrogens (primary N) is 1. The van der Waals surface area contributed by atoms with Gasteiger partial charge in [0.2, 0.25) is 0 Å². The third-order valence-corrected chi connectivity index (χ3v) is 6.41. The molecule has 2 rings (SSSR count). The zero-order valence-corrected chi connectivity index (χ0v) is 12.7. The van der Waals surface area contributed by atoms with Crippen LogP contribution in [0.15, 0.2) is 38.3 Å². The number of hydrogen-bond donors (Lipinski definition) is 2. The van der Waals surface area contributed by atoms with Crippen LogP contribution >= 0.6 is 27.3 Å². The lowest BCUT2D eigenvalue weighted by atomic mass is 10.2. The van der Waals surface area contributed by atoms with Gasteiger partial charge in [-0.05, 0) is 52.0 Å². The average molecular weight is 347 g/mol. The van der Waals surface area contributed by atoms with Crippen molar-refractivity contribution in [3.63, 3.8) is 0 Å². The van der Waals surface area contributed by atoms with E-state index in [1.165, 1.54) is 0 Å². The number of sulfonamides is 1. The van der Waals surface area contributed by atoms with Gasteiger partial charge in [0.15, 0.2) is 4.21 Å². The summed E-state index contributed by atoms with van der Waals surface area (Å²) in [5.41, 5.74) is 7.67. The fourth-order valence-corrected chi connectivity index (χ4v) is 4.77. The van der Waals surface area contributed by atoms with Crippen molar-refractivity contribution in [1.29, 1.82) is 0 Å². The monoisotopic (exact) mass is 346 g/mol. The SMILES string of the molecule is Cc1ccc(NS(=O)(=O)c2sccc2Br)cc1N. The largest absolute Gasteiger partial charge is 0.398 e. The van der Waals surface area contributed by atoms with E-state index in [1.807, 2.05) is 6.92 Å². The Hall–Kier alpha value is -1.05. The van der Waals surface area contributed by atoms with Crippen molar-refractivity contribution in [2.75, 3.05) is 10.5 Å². The molecule has 0 atom stereocenters. The summed E-state index contributed by atoms with van der Waals surface area (Å²) in [4.78, 5) is 0. The quantitative estimate of drug-likeness (QED) is 0.838. The molecule has 18 heavy (non-hydrogen) atoms. The first-order chi connectivity index (χ1) is 8.40. The number of rotatable bonds is 3. The van der Waals surface area contributed by atoms with Gasteiger partial charge in [0.1, 0.15) is 0 Å². The average Bonchev–Trinajstić information content (AvgIpc) is 2.70. The van der Waals surface area contributed by atoms with Gasteiger partial charge in [-0.25, -0.2) is 8.42 Å². The maximum absolute atomic E-state index is 12.1. The Bertz CT molecular complexity index is 680. The van der Waals surface area contributed by atoms with Crippen LogP contribution in [0.25, 0.3) is 0 Å². The summed E-state index contributed by atoms with van der Waals surface area (Å²) in [6.07, 6.45) is 0. The van der Waals surface area contributed by atoms with Gasteiger partial charge < -0.3 is 5.73 Å². The molecule has 0 spiro atoms. The Morgan fingerprint density at radius 2 is 2.06 bits per heavy atom. The molecule has 1 aromatic heterocycles. The van der Waals surface area contributed by atoms with Crippen molar-refractivity contribution in [2.45, 2.75) is 11.1 Å². The zero-order valence-electron chi connectivity index (χ0n) is 9.48. The van der Waals surface area contributed by atoms with Crippen LogP contribution in [-0.2, 0) is 10.0 Å². The molecular weight excluding hydrogens is 336 g/mol. The smallest absolute Gasteiger partial charge is 0.272 e. The van der Waals surface area contributed by atoms with E-state index in [-0.39, 0.29) is 4.21 Å². The molecule has 0 bridgehead atoms. The standard InChI is InChI=1S/C11H11BrN2O2S2/c1-7-2-3-8(6-10(7)13)14-18(15,16)11-9(12)4-5-17-11/h2-6,14H,13H2,1H3. The molecule has 0 radical (unpaired) electrons. The highest BCUT2D eigenvalue weighted by molar-refractivity contribution is 9.10. The van der Waals surface area contributed by atoms with Gasteiger partial charge in [-0.1, -0.05) is 6.07 Å². The molecule has 0 unspecified atom stereocenters. The minimum Gasteiger partial charge on any atom is -0.398 e. The van der Waals surface area contributed by atoms with Gasteiger partial charge >= 0.3 is 0 Å². The number of anilines is 2. The van der Waals surface area contributed by atoms with Crippen molar-refractivity contribution < 1.29 is 8.42 Å². The maximum atomic E-state index is 12.1. The van der Waals surface area contributed by atoms with Crippen LogP contribution < -0.4 is 10.5 Å². The van der Waals surface area contributed by atoms with E-state index in [0.29, 0.717) is 15.8 Å². The molecule has 3 N–H and O–H groups in total. The number of benzene rings is 1. The first-order valence-corrected chi connectivity index (χ1v) is 8.17. The van der Waals surface area contributed by atoms with E-state index in [1.54, 1.807) is 29.6 Å². The second kappa shape index (κ2) is 4.91. The Morgan fingerprint density at radius 3 is 2.61 bits per heavy atom. The van der Waals surface area contributed by atoms with Gasteiger partial charge in [-0.2, -0.15) is 0 Å². The Balaban J connectivity index is 2.34. The molecule has 0 aliphatic rings. The minimum atomic E-state index is -3.56. The van der Waals surface area contributed by atoms with E-state index in [2.05, 4.69) is 20.7 Å². The van der Waals surface area contributed by atoms with E-state index >= 15 is 0 Å². The number of halogens is 1. The normalized spacial score (nSPS) is 11.4. The number of nitrogens with one attached hydrogen (secondary N) is 1. The number of aryl methyl sites for hydroxylation is 1. The molecule has 4 nitrogen and oxygen atoms in total. The molecule has 0 saturated carbocycles. The molecule has 0 aliphatic carbocycles. The Kier molecular flexibility index (Phi) is 3.65. The second-order valence-electron chi connectivity index (χ2n) is 3.73. The summed E-state index contributed by atoms with van der Waals surface area (Å²) < 4.78 is 27.5. The fourth-order valence-electron chi connectivity index (χ4n) is 1.38. The summed E-state index contributed by atoms with van der Waals surface area (Å²) in [6, 6.07) is 6.76. The first-order valence-electron chi connectivity index (χ1n) is 5.02. The topological polar surface area (TPSA) is 72.2 Å². The van der Waals surface area contributed by atoms with Gasteiger partial charge in [-0.15, -0.1) is 11.3 Å². The highest BCUT2D eigenvalue weighted by atomic mass is 79.9. The summed E-state index contributed by atoms with van der Waals surface area (Å²) in [5.74, 6) is 0. The van der Waals surface area contributed by atoms with Crippen LogP contribution in [0.2, 0.25) is 0 Å². The highest BCUT2D eigenvalue weighted by Gasteiger charge is 2.19. The predicted octanol–water partition coefficient (Wildman–Crippen LogP) is 3.20. The predicted molar refractivity (Wildman–Crippen MR) is 78.4 cm³/mol. The molecule has 1 heterocycles. The van der Waals surface area contributed by atoms with Crippen LogP contribution in [0.3, 0.4) is 0 Å². The molecular formula is C11H11BrN2O2S2. The van der Waals surface area contributed by atoms with Crippen LogP contribution in [0.1, 0.15) is 5.56 Å². The minimum absolute atomic E-state index is 0.252.